The summed E-state index contributed by atoms with van der Waals surface area (Å²) < 4.78 is 12.0. The van der Waals surface area contributed by atoms with Crippen LogP contribution >= 0.6 is 0 Å². The third kappa shape index (κ3) is 6.07. The first-order valence-corrected chi connectivity index (χ1v) is 9.50. The van der Waals surface area contributed by atoms with Crippen LogP contribution < -0.4 is 5.32 Å². The first kappa shape index (κ1) is 19.8. The summed E-state index contributed by atoms with van der Waals surface area (Å²) in [6.45, 7) is 13.9. The third-order valence-corrected chi connectivity index (χ3v) is 5.35. The van der Waals surface area contributed by atoms with Crippen LogP contribution in [0.2, 0.25) is 0 Å². The highest BCUT2D eigenvalue weighted by Crippen LogP contribution is 2.12. The molecule has 0 spiro atoms. The molecule has 5 heteroatoms. The van der Waals surface area contributed by atoms with Crippen LogP contribution in [0.5, 0.6) is 0 Å². The molecule has 1 aromatic carbocycles. The fourth-order valence-corrected chi connectivity index (χ4v) is 3.47. The molecule has 130 valence electrons. The van der Waals surface area contributed by atoms with E-state index in [4.69, 9.17) is 0 Å². The second kappa shape index (κ2) is 9.18. The fourth-order valence-electron chi connectivity index (χ4n) is 2.53. The smallest absolute Gasteiger partial charge is 0.251 e. The number of nitrogens with zero attached hydrogens (tertiary/aromatic N) is 1. The van der Waals surface area contributed by atoms with Gasteiger partial charge in [-0.2, -0.15) is 0 Å². The zero-order chi connectivity index (χ0) is 17.6. The normalized spacial score (nSPS) is 13.1. The molecule has 4 nitrogen and oxygen atoms in total. The van der Waals surface area contributed by atoms with E-state index in [2.05, 4.69) is 37.9 Å². The van der Waals surface area contributed by atoms with Crippen molar-refractivity contribution in [1.29, 1.82) is 0 Å². The SMILES string of the molecule is CC(C)N(CCNC(=O)c1ccc([S@](=O)C(C)C)cc1)C(C)C. The minimum atomic E-state index is -1.02. The van der Waals surface area contributed by atoms with Gasteiger partial charge in [0.1, 0.15) is 0 Å². The first-order chi connectivity index (χ1) is 10.7. The molecule has 0 fully saturated rings. The maximum atomic E-state index is 12.2. The monoisotopic (exact) mass is 338 g/mol. The zero-order valence-electron chi connectivity index (χ0n) is 15.1. The molecule has 0 saturated heterocycles. The molecule has 0 heterocycles. The van der Waals surface area contributed by atoms with Gasteiger partial charge in [0.25, 0.3) is 5.91 Å². The minimum Gasteiger partial charge on any atom is -0.351 e. The van der Waals surface area contributed by atoms with Crippen LogP contribution in [0.3, 0.4) is 0 Å². The lowest BCUT2D eigenvalue weighted by atomic mass is 10.2. The molecule has 1 amide bonds. The van der Waals surface area contributed by atoms with Crippen LogP contribution in [0.25, 0.3) is 0 Å². The summed E-state index contributed by atoms with van der Waals surface area (Å²) in [4.78, 5) is 15.3. The van der Waals surface area contributed by atoms with Gasteiger partial charge in [0, 0.05) is 40.9 Å². The van der Waals surface area contributed by atoms with E-state index in [1.54, 1.807) is 24.3 Å². The number of benzene rings is 1. The third-order valence-electron chi connectivity index (χ3n) is 3.76. The zero-order valence-corrected chi connectivity index (χ0v) is 15.9. The second-order valence-electron chi connectivity index (χ2n) is 6.55. The Morgan fingerprint density at radius 3 is 2.00 bits per heavy atom. The van der Waals surface area contributed by atoms with Gasteiger partial charge in [-0.1, -0.05) is 13.8 Å². The van der Waals surface area contributed by atoms with E-state index >= 15 is 0 Å². The molecule has 0 saturated carbocycles. The van der Waals surface area contributed by atoms with Crippen molar-refractivity contribution in [1.82, 2.24) is 10.2 Å². The summed E-state index contributed by atoms with van der Waals surface area (Å²) in [5, 5.41) is 3.03. The van der Waals surface area contributed by atoms with E-state index in [0.717, 1.165) is 11.4 Å². The van der Waals surface area contributed by atoms with Crippen molar-refractivity contribution in [2.24, 2.45) is 0 Å². The minimum absolute atomic E-state index is 0.0766. The van der Waals surface area contributed by atoms with Crippen molar-refractivity contribution in [2.45, 2.75) is 63.8 Å². The van der Waals surface area contributed by atoms with Gasteiger partial charge in [-0.25, -0.2) is 0 Å². The van der Waals surface area contributed by atoms with Crippen molar-refractivity contribution in [3.63, 3.8) is 0 Å². The molecule has 0 unspecified atom stereocenters. The van der Waals surface area contributed by atoms with Crippen LogP contribution in [0.15, 0.2) is 29.2 Å². The molecule has 1 atom stereocenters. The molecule has 0 aromatic heterocycles. The van der Waals surface area contributed by atoms with Crippen molar-refractivity contribution in [3.05, 3.63) is 29.8 Å². The molecule has 0 aliphatic carbocycles. The lowest BCUT2D eigenvalue weighted by Gasteiger charge is -2.30. The maximum Gasteiger partial charge on any atom is 0.251 e. The molecular formula is C18H30N2O2S. The lowest BCUT2D eigenvalue weighted by Crippen LogP contribution is -2.42. The van der Waals surface area contributed by atoms with E-state index in [0.29, 0.717) is 24.2 Å². The number of carbonyl (C=O) groups is 1. The van der Waals surface area contributed by atoms with Crippen molar-refractivity contribution in [3.8, 4) is 0 Å². The molecule has 23 heavy (non-hydrogen) atoms. The van der Waals surface area contributed by atoms with Gasteiger partial charge in [0.2, 0.25) is 0 Å². The number of amides is 1. The molecule has 1 N–H and O–H groups in total. The first-order valence-electron chi connectivity index (χ1n) is 8.28. The predicted molar refractivity (Wildman–Crippen MR) is 97.3 cm³/mol. The van der Waals surface area contributed by atoms with E-state index in [1.165, 1.54) is 0 Å². The summed E-state index contributed by atoms with van der Waals surface area (Å²) in [6.07, 6.45) is 0. The van der Waals surface area contributed by atoms with Gasteiger partial charge < -0.3 is 5.32 Å². The standard InChI is InChI=1S/C18H30N2O2S/c1-13(2)20(14(3)4)12-11-19-18(21)16-7-9-17(10-8-16)23(22)15(5)6/h7-10,13-15H,11-12H2,1-6H3,(H,19,21)/t23-/m1/s1. The number of hydrogen-bond donors (Lipinski definition) is 1. The quantitative estimate of drug-likeness (QED) is 0.792. The van der Waals surface area contributed by atoms with Crippen LogP contribution in [-0.2, 0) is 10.8 Å². The van der Waals surface area contributed by atoms with Crippen molar-refractivity contribution >= 4 is 16.7 Å². The van der Waals surface area contributed by atoms with Crippen LogP contribution in [0.4, 0.5) is 0 Å². The molecule has 0 radical (unpaired) electrons. The van der Waals surface area contributed by atoms with Gasteiger partial charge in [0.15, 0.2) is 0 Å². The van der Waals surface area contributed by atoms with Crippen molar-refractivity contribution in [2.75, 3.05) is 13.1 Å². The molecular weight excluding hydrogens is 308 g/mol. The van der Waals surface area contributed by atoms with Gasteiger partial charge >= 0.3 is 0 Å². The predicted octanol–water partition coefficient (Wildman–Crippen LogP) is 3.05. The summed E-state index contributed by atoms with van der Waals surface area (Å²) >= 11 is 0. The highest BCUT2D eigenvalue weighted by molar-refractivity contribution is 7.85. The molecule has 1 aromatic rings. The number of carbonyl (C=O) groups excluding carboxylic acids is 1. The van der Waals surface area contributed by atoms with E-state index < -0.39 is 10.8 Å². The Labute approximate surface area is 143 Å². The number of rotatable bonds is 8. The Hall–Kier alpha value is -1.20. The van der Waals surface area contributed by atoms with Crippen LogP contribution in [0.1, 0.15) is 51.9 Å². The van der Waals surface area contributed by atoms with Crippen LogP contribution in [-0.4, -0.2) is 45.4 Å². The highest BCUT2D eigenvalue weighted by atomic mass is 32.2. The topological polar surface area (TPSA) is 49.4 Å². The Morgan fingerprint density at radius 1 is 1.04 bits per heavy atom. The van der Waals surface area contributed by atoms with Gasteiger partial charge in [-0.05, 0) is 52.0 Å². The Morgan fingerprint density at radius 2 is 1.57 bits per heavy atom. The van der Waals surface area contributed by atoms with Crippen LogP contribution in [0, 0.1) is 0 Å². The van der Waals surface area contributed by atoms with Crippen molar-refractivity contribution < 1.29 is 9.00 Å². The largest absolute Gasteiger partial charge is 0.351 e. The molecule has 0 bridgehead atoms. The molecule has 1 rings (SSSR count). The summed E-state index contributed by atoms with van der Waals surface area (Å²) in [5.74, 6) is -0.0839. The second-order valence-corrected chi connectivity index (χ2v) is 8.56. The fraction of sp³-hybridized carbons (Fsp3) is 0.611. The van der Waals surface area contributed by atoms with E-state index in [-0.39, 0.29) is 11.2 Å². The molecule has 0 aliphatic rings. The average Bonchev–Trinajstić information content (AvgIpc) is 2.49. The summed E-state index contributed by atoms with van der Waals surface area (Å²) in [7, 11) is -1.02. The van der Waals surface area contributed by atoms with Gasteiger partial charge in [-0.15, -0.1) is 0 Å². The highest BCUT2D eigenvalue weighted by Gasteiger charge is 2.14. The Balaban J connectivity index is 2.57. The van der Waals surface area contributed by atoms with Gasteiger partial charge in [0.05, 0.1) is 10.8 Å². The van der Waals surface area contributed by atoms with E-state index in [9.17, 15) is 9.00 Å². The summed E-state index contributed by atoms with van der Waals surface area (Å²) in [5.41, 5.74) is 0.607. The maximum absolute atomic E-state index is 12.2. The van der Waals surface area contributed by atoms with Gasteiger partial charge in [-0.3, -0.25) is 13.9 Å². The Kier molecular flexibility index (Phi) is 7.92. The number of nitrogens with one attached hydrogen (secondary N) is 1. The average molecular weight is 339 g/mol. The lowest BCUT2D eigenvalue weighted by molar-refractivity contribution is 0.0939. The van der Waals surface area contributed by atoms with E-state index in [1.807, 2.05) is 13.8 Å². The number of hydrogen-bond acceptors (Lipinski definition) is 3. The Bertz CT molecular complexity index is 516. The summed E-state index contributed by atoms with van der Waals surface area (Å²) in [6, 6.07) is 7.95. The molecule has 0 aliphatic heterocycles.